The number of thiazole rings is 1. The third-order valence-corrected chi connectivity index (χ3v) is 5.00. The summed E-state index contributed by atoms with van der Waals surface area (Å²) in [5.74, 6) is -1.29. The van der Waals surface area contributed by atoms with E-state index in [1.54, 1.807) is 29.8 Å². The summed E-state index contributed by atoms with van der Waals surface area (Å²) in [6.45, 7) is -0.303. The van der Waals surface area contributed by atoms with Gasteiger partial charge in [-0.2, -0.15) is 0 Å². The first-order valence-corrected chi connectivity index (χ1v) is 9.65. The van der Waals surface area contributed by atoms with Gasteiger partial charge in [-0.15, -0.1) is 11.3 Å². The molecular weight excluding hydrogens is 409 g/mol. The van der Waals surface area contributed by atoms with E-state index in [1.807, 2.05) is 6.07 Å². The minimum atomic E-state index is -0.832. The summed E-state index contributed by atoms with van der Waals surface area (Å²) in [6.07, 6.45) is 2.66. The fraction of sp³-hybridized carbons (Fsp3) is 0.0500. The van der Waals surface area contributed by atoms with E-state index < -0.39 is 23.0 Å². The molecule has 0 unspecified atom stereocenters. The van der Waals surface area contributed by atoms with E-state index in [4.69, 9.17) is 0 Å². The number of hydrogen-bond donors (Lipinski definition) is 2. The van der Waals surface area contributed by atoms with E-state index in [0.717, 1.165) is 10.8 Å². The molecule has 0 fully saturated rings. The summed E-state index contributed by atoms with van der Waals surface area (Å²) in [6, 6.07) is 11.2. The van der Waals surface area contributed by atoms with Crippen molar-refractivity contribution in [2.75, 3.05) is 5.32 Å². The highest BCUT2D eigenvalue weighted by Gasteiger charge is 2.17. The maximum atomic E-state index is 13.9. The topological polar surface area (TPSA) is 110 Å². The molecule has 150 valence electrons. The molecule has 4 rings (SSSR count). The molecule has 10 heteroatoms. The van der Waals surface area contributed by atoms with E-state index in [-0.39, 0.29) is 22.8 Å². The van der Waals surface area contributed by atoms with Gasteiger partial charge in [0.1, 0.15) is 17.1 Å². The predicted molar refractivity (Wildman–Crippen MR) is 110 cm³/mol. The van der Waals surface area contributed by atoms with Crippen molar-refractivity contribution < 1.29 is 9.18 Å². The van der Waals surface area contributed by atoms with Gasteiger partial charge in [0.25, 0.3) is 11.5 Å². The van der Waals surface area contributed by atoms with Crippen LogP contribution in [0.25, 0.3) is 11.4 Å². The zero-order valence-corrected chi connectivity index (χ0v) is 16.1. The summed E-state index contributed by atoms with van der Waals surface area (Å²) in [7, 11) is 0. The monoisotopic (exact) mass is 423 g/mol. The largest absolute Gasteiger partial charge is 0.328 e. The minimum absolute atomic E-state index is 0.155. The molecule has 0 radical (unpaired) electrons. The van der Waals surface area contributed by atoms with E-state index in [1.165, 1.54) is 29.5 Å². The highest BCUT2D eigenvalue weighted by molar-refractivity contribution is 7.14. The van der Waals surface area contributed by atoms with Crippen LogP contribution in [0.4, 0.5) is 9.52 Å². The van der Waals surface area contributed by atoms with Crippen LogP contribution in [0.3, 0.4) is 0 Å². The Morgan fingerprint density at radius 3 is 2.70 bits per heavy atom. The number of carbonyl (C=O) groups is 1. The molecule has 1 amide bonds. The number of nitrogens with zero attached hydrogens (tertiary/aromatic N) is 3. The van der Waals surface area contributed by atoms with Crippen LogP contribution < -0.4 is 16.6 Å². The smallest absolute Gasteiger partial charge is 0.313 e. The van der Waals surface area contributed by atoms with Crippen molar-refractivity contribution in [3.05, 3.63) is 98.0 Å². The molecule has 0 bridgehead atoms. The van der Waals surface area contributed by atoms with Crippen LogP contribution in [-0.4, -0.2) is 25.4 Å². The molecule has 0 aliphatic heterocycles. The van der Waals surface area contributed by atoms with Crippen LogP contribution >= 0.6 is 11.3 Å². The molecule has 8 nitrogen and oxygen atoms in total. The quantitative estimate of drug-likeness (QED) is 0.513. The Balaban J connectivity index is 1.59. The fourth-order valence-electron chi connectivity index (χ4n) is 2.74. The van der Waals surface area contributed by atoms with Crippen LogP contribution in [0.15, 0.2) is 69.8 Å². The lowest BCUT2D eigenvalue weighted by molar-refractivity contribution is 0.102. The van der Waals surface area contributed by atoms with Crippen LogP contribution in [-0.2, 0) is 6.54 Å². The molecule has 0 aliphatic rings. The standard InChI is InChI=1S/C20H14FN5O3S/c21-14-6-2-1-5-12(14)10-26-18(28)13(9-23-20(26)29)17(27)25-19-24-16(11-30-19)15-7-3-4-8-22-15/h1-9,11H,10H2,(H,23,29)(H,24,25,27). The van der Waals surface area contributed by atoms with Gasteiger partial charge in [0.2, 0.25) is 0 Å². The number of carbonyl (C=O) groups excluding carboxylic acids is 1. The third-order valence-electron chi connectivity index (χ3n) is 4.24. The zero-order valence-electron chi connectivity index (χ0n) is 15.3. The SMILES string of the molecule is O=C(Nc1nc(-c2ccccn2)cs1)c1c[nH]c(=O)n(Cc2ccccc2F)c1=O. The minimum Gasteiger partial charge on any atom is -0.313 e. The molecular formula is C20H14FN5O3S. The molecule has 4 aromatic rings. The van der Waals surface area contributed by atoms with Crippen molar-refractivity contribution in [3.8, 4) is 11.4 Å². The number of aromatic amines is 1. The van der Waals surface area contributed by atoms with Crippen LogP contribution in [0.5, 0.6) is 0 Å². The number of nitrogens with one attached hydrogen (secondary N) is 2. The van der Waals surface area contributed by atoms with Crippen molar-refractivity contribution in [2.45, 2.75) is 6.54 Å². The number of amides is 1. The van der Waals surface area contributed by atoms with E-state index >= 15 is 0 Å². The number of H-pyrrole nitrogens is 1. The molecule has 0 saturated heterocycles. The van der Waals surface area contributed by atoms with Crippen molar-refractivity contribution in [2.24, 2.45) is 0 Å². The zero-order chi connectivity index (χ0) is 21.1. The van der Waals surface area contributed by atoms with E-state index in [9.17, 15) is 18.8 Å². The molecule has 30 heavy (non-hydrogen) atoms. The van der Waals surface area contributed by atoms with Gasteiger partial charge in [-0.1, -0.05) is 24.3 Å². The van der Waals surface area contributed by atoms with Gasteiger partial charge in [0, 0.05) is 23.3 Å². The number of anilines is 1. The number of halogens is 1. The Morgan fingerprint density at radius 1 is 1.13 bits per heavy atom. The number of pyridine rings is 1. The molecule has 0 aliphatic carbocycles. The van der Waals surface area contributed by atoms with E-state index in [2.05, 4.69) is 20.3 Å². The normalized spacial score (nSPS) is 10.7. The Labute approximate surface area is 172 Å². The highest BCUT2D eigenvalue weighted by Crippen LogP contribution is 2.23. The van der Waals surface area contributed by atoms with Gasteiger partial charge in [0.15, 0.2) is 5.13 Å². The lowest BCUT2D eigenvalue weighted by atomic mass is 10.2. The van der Waals surface area contributed by atoms with E-state index in [0.29, 0.717) is 11.4 Å². The molecule has 2 N–H and O–H groups in total. The maximum absolute atomic E-state index is 13.9. The summed E-state index contributed by atoms with van der Waals surface area (Å²) in [5, 5.41) is 4.54. The first-order chi connectivity index (χ1) is 14.5. The van der Waals surface area contributed by atoms with Gasteiger partial charge in [-0.3, -0.25) is 24.5 Å². The first kappa shape index (κ1) is 19.4. The fourth-order valence-corrected chi connectivity index (χ4v) is 3.44. The summed E-state index contributed by atoms with van der Waals surface area (Å²) >= 11 is 1.17. The number of rotatable bonds is 5. The average molecular weight is 423 g/mol. The lowest BCUT2D eigenvalue weighted by Crippen LogP contribution is -2.39. The van der Waals surface area contributed by atoms with Crippen molar-refractivity contribution in [3.63, 3.8) is 0 Å². The average Bonchev–Trinajstić information content (AvgIpc) is 3.21. The molecule has 3 heterocycles. The first-order valence-electron chi connectivity index (χ1n) is 8.77. The maximum Gasteiger partial charge on any atom is 0.328 e. The number of benzene rings is 1. The Bertz CT molecular complexity index is 1330. The van der Waals surface area contributed by atoms with Crippen molar-refractivity contribution in [1.82, 2.24) is 19.5 Å². The summed E-state index contributed by atoms with van der Waals surface area (Å²) in [4.78, 5) is 48.2. The van der Waals surface area contributed by atoms with Gasteiger partial charge in [-0.05, 0) is 18.2 Å². The third kappa shape index (κ3) is 3.94. The Hall–Kier alpha value is -3.92. The molecule has 0 spiro atoms. The van der Waals surface area contributed by atoms with Crippen LogP contribution in [0.1, 0.15) is 15.9 Å². The van der Waals surface area contributed by atoms with Gasteiger partial charge in [0.05, 0.1) is 12.2 Å². The summed E-state index contributed by atoms with van der Waals surface area (Å²) in [5.41, 5.74) is -0.490. The Morgan fingerprint density at radius 2 is 1.93 bits per heavy atom. The second-order valence-corrected chi connectivity index (χ2v) is 7.06. The summed E-state index contributed by atoms with van der Waals surface area (Å²) < 4.78 is 14.7. The molecule has 3 aromatic heterocycles. The highest BCUT2D eigenvalue weighted by atomic mass is 32.1. The predicted octanol–water partition coefficient (Wildman–Crippen LogP) is 2.49. The molecule has 0 saturated carbocycles. The van der Waals surface area contributed by atoms with Crippen molar-refractivity contribution in [1.29, 1.82) is 0 Å². The Kier molecular flexibility index (Phi) is 5.31. The molecule has 1 aromatic carbocycles. The van der Waals surface area contributed by atoms with Crippen LogP contribution in [0, 0.1) is 5.82 Å². The number of hydrogen-bond acceptors (Lipinski definition) is 6. The second-order valence-electron chi connectivity index (χ2n) is 6.20. The lowest BCUT2D eigenvalue weighted by Gasteiger charge is -2.08. The number of aromatic nitrogens is 4. The van der Waals surface area contributed by atoms with Crippen molar-refractivity contribution >= 4 is 22.4 Å². The van der Waals surface area contributed by atoms with Gasteiger partial charge >= 0.3 is 5.69 Å². The van der Waals surface area contributed by atoms with Gasteiger partial charge in [-0.25, -0.2) is 14.2 Å². The molecule has 0 atom stereocenters. The second kappa shape index (κ2) is 8.21. The van der Waals surface area contributed by atoms with Crippen LogP contribution in [0.2, 0.25) is 0 Å². The van der Waals surface area contributed by atoms with Gasteiger partial charge < -0.3 is 4.98 Å².